The summed E-state index contributed by atoms with van der Waals surface area (Å²) in [5.74, 6) is 0.740. The zero-order valence-electron chi connectivity index (χ0n) is 12.5. The number of amides is 1. The van der Waals surface area contributed by atoms with Crippen molar-refractivity contribution in [1.82, 2.24) is 10.2 Å². The number of primary amides is 1. The van der Waals surface area contributed by atoms with Crippen molar-refractivity contribution in [1.29, 1.82) is 0 Å². The van der Waals surface area contributed by atoms with E-state index in [4.69, 9.17) is 5.73 Å². The molecule has 2 fully saturated rings. The lowest BCUT2D eigenvalue weighted by Crippen LogP contribution is -2.60. The second-order valence-corrected chi connectivity index (χ2v) is 6.51. The maximum absolute atomic E-state index is 11.9. The lowest BCUT2D eigenvalue weighted by atomic mass is 9.77. The Hall–Kier alpha value is -0.610. The molecule has 0 aromatic rings. The Morgan fingerprint density at radius 1 is 1.42 bits per heavy atom. The van der Waals surface area contributed by atoms with Gasteiger partial charge in [0.05, 0.1) is 5.54 Å². The monoisotopic (exact) mass is 267 g/mol. The maximum atomic E-state index is 11.9. The average molecular weight is 267 g/mol. The van der Waals surface area contributed by atoms with Gasteiger partial charge < -0.3 is 16.0 Å². The molecular formula is C15H29N3O. The number of nitrogens with two attached hydrogens (primary N) is 1. The molecule has 0 spiro atoms. The lowest BCUT2D eigenvalue weighted by molar-refractivity contribution is -0.126. The van der Waals surface area contributed by atoms with Crippen LogP contribution >= 0.6 is 0 Å². The van der Waals surface area contributed by atoms with E-state index in [2.05, 4.69) is 24.2 Å². The minimum absolute atomic E-state index is 0.162. The predicted octanol–water partition coefficient (Wildman–Crippen LogP) is 1.49. The van der Waals surface area contributed by atoms with E-state index in [0.717, 1.165) is 38.1 Å². The van der Waals surface area contributed by atoms with E-state index in [1.54, 1.807) is 0 Å². The fraction of sp³-hybridized carbons (Fsp3) is 0.933. The van der Waals surface area contributed by atoms with Gasteiger partial charge in [-0.1, -0.05) is 6.92 Å². The number of carbonyl (C=O) groups excluding carboxylic acids is 1. The Bertz CT molecular complexity index is 317. The minimum atomic E-state index is -0.462. The molecule has 0 aromatic heterocycles. The summed E-state index contributed by atoms with van der Waals surface area (Å²) in [4.78, 5) is 14.4. The van der Waals surface area contributed by atoms with Crippen LogP contribution in [-0.2, 0) is 4.79 Å². The Kier molecular flexibility index (Phi) is 4.85. The Balaban J connectivity index is 1.97. The fourth-order valence-electron chi connectivity index (χ4n) is 3.31. The lowest BCUT2D eigenvalue weighted by Gasteiger charge is -2.42. The van der Waals surface area contributed by atoms with Crippen LogP contribution in [0.25, 0.3) is 0 Å². The molecule has 1 amide bonds. The number of nitrogens with zero attached hydrogens (tertiary/aromatic N) is 1. The van der Waals surface area contributed by atoms with E-state index in [1.165, 1.54) is 25.8 Å². The predicted molar refractivity (Wildman–Crippen MR) is 77.8 cm³/mol. The largest absolute Gasteiger partial charge is 0.368 e. The molecule has 2 rings (SSSR count). The molecule has 0 radical (unpaired) electrons. The van der Waals surface area contributed by atoms with E-state index in [1.807, 2.05) is 0 Å². The van der Waals surface area contributed by atoms with Gasteiger partial charge in [0.15, 0.2) is 0 Å². The van der Waals surface area contributed by atoms with Gasteiger partial charge in [-0.3, -0.25) is 4.79 Å². The Morgan fingerprint density at radius 2 is 2.16 bits per heavy atom. The third-order valence-electron chi connectivity index (χ3n) is 4.78. The third-order valence-corrected chi connectivity index (χ3v) is 4.78. The molecular weight excluding hydrogens is 238 g/mol. The first-order valence-electron chi connectivity index (χ1n) is 7.82. The first kappa shape index (κ1) is 14.8. The van der Waals surface area contributed by atoms with Crippen LogP contribution in [-0.4, -0.2) is 42.5 Å². The van der Waals surface area contributed by atoms with E-state index in [9.17, 15) is 4.79 Å². The van der Waals surface area contributed by atoms with Crippen molar-refractivity contribution in [3.05, 3.63) is 0 Å². The highest BCUT2D eigenvalue weighted by molar-refractivity contribution is 5.84. The molecule has 2 aliphatic carbocycles. The molecule has 2 saturated carbocycles. The smallest absolute Gasteiger partial charge is 0.237 e. The highest BCUT2D eigenvalue weighted by atomic mass is 16.1. The Morgan fingerprint density at radius 3 is 2.74 bits per heavy atom. The molecule has 4 nitrogen and oxygen atoms in total. The van der Waals surface area contributed by atoms with Crippen LogP contribution in [0.3, 0.4) is 0 Å². The first-order valence-corrected chi connectivity index (χ1v) is 7.82. The summed E-state index contributed by atoms with van der Waals surface area (Å²) in [6.07, 6.45) is 7.88. The molecule has 2 atom stereocenters. The van der Waals surface area contributed by atoms with Crippen LogP contribution in [0.15, 0.2) is 0 Å². The molecule has 0 aromatic carbocycles. The van der Waals surface area contributed by atoms with E-state index in [-0.39, 0.29) is 5.91 Å². The van der Waals surface area contributed by atoms with Gasteiger partial charge in [-0.2, -0.15) is 0 Å². The second kappa shape index (κ2) is 6.23. The summed E-state index contributed by atoms with van der Waals surface area (Å²) in [7, 11) is 2.21. The van der Waals surface area contributed by atoms with Gasteiger partial charge in [0.2, 0.25) is 5.91 Å². The highest BCUT2D eigenvalue weighted by Crippen LogP contribution is 2.34. The topological polar surface area (TPSA) is 58.4 Å². The summed E-state index contributed by atoms with van der Waals surface area (Å²) < 4.78 is 0. The summed E-state index contributed by atoms with van der Waals surface area (Å²) >= 11 is 0. The summed E-state index contributed by atoms with van der Waals surface area (Å²) in [6.45, 7) is 4.19. The molecule has 0 saturated heterocycles. The summed E-state index contributed by atoms with van der Waals surface area (Å²) in [5.41, 5.74) is 5.24. The zero-order chi connectivity index (χ0) is 13.9. The van der Waals surface area contributed by atoms with Crippen LogP contribution in [0.4, 0.5) is 0 Å². The van der Waals surface area contributed by atoms with Crippen LogP contribution < -0.4 is 11.1 Å². The van der Waals surface area contributed by atoms with Crippen molar-refractivity contribution in [2.75, 3.05) is 20.1 Å². The quantitative estimate of drug-likeness (QED) is 0.735. The summed E-state index contributed by atoms with van der Waals surface area (Å²) in [6, 6.07) is 0.506. The van der Waals surface area contributed by atoms with Crippen molar-refractivity contribution in [3.63, 3.8) is 0 Å². The van der Waals surface area contributed by atoms with Crippen LogP contribution in [0, 0.1) is 5.92 Å². The second-order valence-electron chi connectivity index (χ2n) is 6.51. The van der Waals surface area contributed by atoms with Gasteiger partial charge in [0.25, 0.3) is 0 Å². The van der Waals surface area contributed by atoms with E-state index in [0.29, 0.717) is 6.04 Å². The molecule has 2 aliphatic rings. The van der Waals surface area contributed by atoms with Crippen molar-refractivity contribution in [3.8, 4) is 0 Å². The van der Waals surface area contributed by atoms with E-state index >= 15 is 0 Å². The number of nitrogens with one attached hydrogen (secondary N) is 1. The normalized spacial score (nSPS) is 31.6. The zero-order valence-corrected chi connectivity index (χ0v) is 12.5. The van der Waals surface area contributed by atoms with Gasteiger partial charge in [-0.15, -0.1) is 0 Å². The number of carbonyl (C=O) groups is 1. The van der Waals surface area contributed by atoms with Crippen molar-refractivity contribution < 1.29 is 4.79 Å². The molecule has 19 heavy (non-hydrogen) atoms. The van der Waals surface area contributed by atoms with Gasteiger partial charge in [0.1, 0.15) is 0 Å². The SMILES string of the molecule is CCCNC1(C(N)=O)CCCC(N(C)CC2CC2)C1. The molecule has 2 unspecified atom stereocenters. The Labute approximate surface area is 117 Å². The van der Waals surface area contributed by atoms with Gasteiger partial charge in [-0.05, 0) is 64.5 Å². The molecule has 4 heteroatoms. The number of hydrogen-bond donors (Lipinski definition) is 2. The van der Waals surface area contributed by atoms with Crippen molar-refractivity contribution >= 4 is 5.91 Å². The molecule has 3 N–H and O–H groups in total. The minimum Gasteiger partial charge on any atom is -0.368 e. The number of hydrogen-bond acceptors (Lipinski definition) is 3. The van der Waals surface area contributed by atoms with Gasteiger partial charge in [0, 0.05) is 12.6 Å². The van der Waals surface area contributed by atoms with Crippen LogP contribution in [0.1, 0.15) is 51.9 Å². The maximum Gasteiger partial charge on any atom is 0.237 e. The fourth-order valence-corrected chi connectivity index (χ4v) is 3.31. The van der Waals surface area contributed by atoms with Crippen molar-refractivity contribution in [2.45, 2.75) is 63.5 Å². The van der Waals surface area contributed by atoms with Gasteiger partial charge in [-0.25, -0.2) is 0 Å². The molecule has 0 bridgehead atoms. The van der Waals surface area contributed by atoms with Gasteiger partial charge >= 0.3 is 0 Å². The standard InChI is InChI=1S/C15H29N3O/c1-3-9-17-15(14(16)19)8-4-5-13(10-15)18(2)11-12-6-7-12/h12-13,17H,3-11H2,1-2H3,(H2,16,19). The molecule has 0 heterocycles. The third kappa shape index (κ3) is 3.69. The number of rotatable bonds is 7. The summed E-state index contributed by atoms with van der Waals surface area (Å²) in [5, 5.41) is 3.44. The molecule has 110 valence electrons. The van der Waals surface area contributed by atoms with E-state index < -0.39 is 5.54 Å². The average Bonchev–Trinajstić information content (AvgIpc) is 3.20. The van der Waals surface area contributed by atoms with Crippen LogP contribution in [0.2, 0.25) is 0 Å². The van der Waals surface area contributed by atoms with Crippen LogP contribution in [0.5, 0.6) is 0 Å². The molecule has 0 aliphatic heterocycles. The van der Waals surface area contributed by atoms with Crippen molar-refractivity contribution in [2.24, 2.45) is 11.7 Å². The first-order chi connectivity index (χ1) is 9.07. The highest BCUT2D eigenvalue weighted by Gasteiger charge is 2.42.